The van der Waals surface area contributed by atoms with Crippen LogP contribution in [0.25, 0.3) is 11.0 Å². The molecule has 3 heterocycles. The van der Waals surface area contributed by atoms with Gasteiger partial charge < -0.3 is 9.88 Å². The van der Waals surface area contributed by atoms with E-state index in [-0.39, 0.29) is 18.1 Å². The number of fused-ring (bicyclic) bond motifs is 1. The van der Waals surface area contributed by atoms with Gasteiger partial charge >= 0.3 is 5.69 Å². The summed E-state index contributed by atoms with van der Waals surface area (Å²) >= 11 is 0. The van der Waals surface area contributed by atoms with Gasteiger partial charge in [0.2, 0.25) is 0 Å². The monoisotopic (exact) mass is 331 g/mol. The third-order valence-corrected chi connectivity index (χ3v) is 3.94. The van der Waals surface area contributed by atoms with E-state index in [1.165, 1.54) is 27.0 Å². The van der Waals surface area contributed by atoms with Gasteiger partial charge in [0.1, 0.15) is 17.0 Å². The molecule has 3 rings (SSSR count). The Morgan fingerprint density at radius 3 is 2.46 bits per heavy atom. The summed E-state index contributed by atoms with van der Waals surface area (Å²) in [6.07, 6.45) is 1.56. The topological polar surface area (TPSA) is 109 Å². The molecular weight excluding hydrogens is 314 g/mol. The molecule has 0 fully saturated rings. The van der Waals surface area contributed by atoms with E-state index in [9.17, 15) is 14.4 Å². The summed E-state index contributed by atoms with van der Waals surface area (Å²) in [4.78, 5) is 38.1. The van der Waals surface area contributed by atoms with Crippen molar-refractivity contribution in [3.05, 3.63) is 44.5 Å². The smallest absolute Gasteiger partial charge is 0.332 e. The van der Waals surface area contributed by atoms with E-state index in [1.807, 2.05) is 0 Å². The highest BCUT2D eigenvalue weighted by Gasteiger charge is 2.19. The van der Waals surface area contributed by atoms with E-state index in [4.69, 9.17) is 0 Å². The van der Waals surface area contributed by atoms with E-state index in [1.54, 1.807) is 27.3 Å². The second-order valence-corrected chi connectivity index (χ2v) is 5.54. The lowest BCUT2D eigenvalue weighted by Crippen LogP contribution is -2.37. The lowest BCUT2D eigenvalue weighted by molar-refractivity contribution is 0.0942. The van der Waals surface area contributed by atoms with Crippen LogP contribution in [-0.2, 0) is 34.7 Å². The number of nitrogens with one attached hydrogen (secondary N) is 1. The minimum atomic E-state index is -0.444. The summed E-state index contributed by atoms with van der Waals surface area (Å²) in [5.74, 6) is -0.367. The molecule has 0 unspecified atom stereocenters. The van der Waals surface area contributed by atoms with Crippen LogP contribution in [0.1, 0.15) is 16.2 Å². The maximum absolute atomic E-state index is 12.4. The lowest BCUT2D eigenvalue weighted by Gasteiger charge is -2.08. The SMILES string of the molecule is Cn1ncc(CNC(=O)c2cc3c(=O)n(C)c(=O)n(C)c3n2C)n1. The molecule has 3 aromatic rings. The third-order valence-electron chi connectivity index (χ3n) is 3.94. The molecule has 0 aliphatic carbocycles. The standard InChI is InChI=1S/C14H17N7O3/c1-18-10(11(22)15-6-8-7-16-21(4)17-8)5-9-12(18)19(2)14(24)20(3)13(9)23/h5,7H,6H2,1-4H3,(H,15,22). The molecular formula is C14H17N7O3. The summed E-state index contributed by atoms with van der Waals surface area (Å²) in [5.41, 5.74) is 0.421. The zero-order valence-electron chi connectivity index (χ0n) is 13.8. The highest BCUT2D eigenvalue weighted by molar-refractivity contribution is 5.97. The van der Waals surface area contributed by atoms with Gasteiger partial charge in [-0.3, -0.25) is 18.7 Å². The predicted octanol–water partition coefficient (Wildman–Crippen LogP) is -1.37. The number of nitrogens with zero attached hydrogens (tertiary/aromatic N) is 6. The van der Waals surface area contributed by atoms with Crippen molar-refractivity contribution in [1.82, 2.24) is 34.0 Å². The summed E-state index contributed by atoms with van der Waals surface area (Å²) in [7, 11) is 6.29. The van der Waals surface area contributed by atoms with Crippen LogP contribution in [0.15, 0.2) is 21.9 Å². The Bertz CT molecular complexity index is 1070. The van der Waals surface area contributed by atoms with Crippen molar-refractivity contribution in [3.63, 3.8) is 0 Å². The summed E-state index contributed by atoms with van der Waals surface area (Å²) in [5, 5.41) is 11.0. The Morgan fingerprint density at radius 2 is 1.83 bits per heavy atom. The fourth-order valence-corrected chi connectivity index (χ4v) is 2.69. The molecule has 1 amide bonds. The first-order valence-corrected chi connectivity index (χ1v) is 7.20. The second-order valence-electron chi connectivity index (χ2n) is 5.54. The first-order valence-electron chi connectivity index (χ1n) is 7.20. The maximum atomic E-state index is 12.4. The van der Waals surface area contributed by atoms with Crippen molar-refractivity contribution in [2.75, 3.05) is 0 Å². The highest BCUT2D eigenvalue weighted by atomic mass is 16.2. The van der Waals surface area contributed by atoms with Gasteiger partial charge in [0.25, 0.3) is 11.5 Å². The van der Waals surface area contributed by atoms with E-state index >= 15 is 0 Å². The van der Waals surface area contributed by atoms with Crippen LogP contribution >= 0.6 is 0 Å². The summed E-state index contributed by atoms with van der Waals surface area (Å²) < 4.78 is 3.89. The van der Waals surface area contributed by atoms with E-state index < -0.39 is 11.2 Å². The molecule has 1 N–H and O–H groups in total. The van der Waals surface area contributed by atoms with Gasteiger partial charge in [0, 0.05) is 28.2 Å². The number of aromatic nitrogens is 6. The Morgan fingerprint density at radius 1 is 1.12 bits per heavy atom. The summed E-state index contributed by atoms with van der Waals surface area (Å²) in [6.45, 7) is 0.213. The molecule has 0 saturated carbocycles. The molecule has 0 bridgehead atoms. The number of aryl methyl sites for hydroxylation is 3. The molecule has 0 radical (unpaired) electrons. The first kappa shape index (κ1) is 15.7. The maximum Gasteiger partial charge on any atom is 0.332 e. The van der Waals surface area contributed by atoms with Crippen molar-refractivity contribution >= 4 is 16.9 Å². The molecule has 3 aromatic heterocycles. The van der Waals surface area contributed by atoms with Crippen molar-refractivity contribution in [2.45, 2.75) is 6.54 Å². The van der Waals surface area contributed by atoms with Gasteiger partial charge in [0.15, 0.2) is 0 Å². The number of carbonyl (C=O) groups is 1. The molecule has 0 aromatic carbocycles. The number of carbonyl (C=O) groups excluding carboxylic acids is 1. The Labute approximate surface area is 135 Å². The van der Waals surface area contributed by atoms with Gasteiger partial charge in [0.05, 0.1) is 18.1 Å². The highest BCUT2D eigenvalue weighted by Crippen LogP contribution is 2.13. The van der Waals surface area contributed by atoms with Crippen molar-refractivity contribution in [3.8, 4) is 0 Å². The molecule has 10 heteroatoms. The molecule has 10 nitrogen and oxygen atoms in total. The number of hydrogen-bond donors (Lipinski definition) is 1. The van der Waals surface area contributed by atoms with Gasteiger partial charge in [-0.05, 0) is 6.07 Å². The van der Waals surface area contributed by atoms with Gasteiger partial charge in [-0.15, -0.1) is 0 Å². The Kier molecular flexibility index (Phi) is 3.59. The third kappa shape index (κ3) is 2.32. The Balaban J connectivity index is 2.01. The average Bonchev–Trinajstić information content (AvgIpc) is 3.12. The fourth-order valence-electron chi connectivity index (χ4n) is 2.69. The van der Waals surface area contributed by atoms with Crippen LogP contribution in [0.4, 0.5) is 0 Å². The second kappa shape index (κ2) is 5.48. The van der Waals surface area contributed by atoms with Crippen molar-refractivity contribution < 1.29 is 4.79 Å². The zero-order chi connectivity index (χ0) is 17.6. The van der Waals surface area contributed by atoms with Crippen LogP contribution < -0.4 is 16.6 Å². The Hall–Kier alpha value is -3.17. The molecule has 0 spiro atoms. The molecule has 0 saturated heterocycles. The van der Waals surface area contributed by atoms with Crippen LogP contribution in [0, 0.1) is 0 Å². The molecule has 0 aliphatic heterocycles. The van der Waals surface area contributed by atoms with Crippen LogP contribution in [0.2, 0.25) is 0 Å². The number of rotatable bonds is 3. The average molecular weight is 331 g/mol. The lowest BCUT2D eigenvalue weighted by atomic mass is 10.3. The quantitative estimate of drug-likeness (QED) is 0.637. The molecule has 126 valence electrons. The van der Waals surface area contributed by atoms with Gasteiger partial charge in [-0.2, -0.15) is 15.0 Å². The largest absolute Gasteiger partial charge is 0.345 e. The van der Waals surface area contributed by atoms with Gasteiger partial charge in [-0.25, -0.2) is 4.79 Å². The fraction of sp³-hybridized carbons (Fsp3) is 0.357. The van der Waals surface area contributed by atoms with Crippen molar-refractivity contribution in [1.29, 1.82) is 0 Å². The summed E-state index contributed by atoms with van der Waals surface area (Å²) in [6, 6.07) is 1.49. The van der Waals surface area contributed by atoms with Crippen LogP contribution in [-0.4, -0.2) is 34.6 Å². The number of hydrogen-bond acceptors (Lipinski definition) is 5. The van der Waals surface area contributed by atoms with E-state index in [0.717, 1.165) is 4.57 Å². The molecule has 24 heavy (non-hydrogen) atoms. The zero-order valence-corrected chi connectivity index (χ0v) is 13.8. The van der Waals surface area contributed by atoms with Gasteiger partial charge in [-0.1, -0.05) is 0 Å². The van der Waals surface area contributed by atoms with E-state index in [2.05, 4.69) is 15.5 Å². The molecule has 0 atom stereocenters. The number of amides is 1. The van der Waals surface area contributed by atoms with E-state index in [0.29, 0.717) is 16.7 Å². The normalized spacial score (nSPS) is 11.2. The minimum Gasteiger partial charge on any atom is -0.345 e. The molecule has 0 aliphatic rings. The van der Waals surface area contributed by atoms with Crippen molar-refractivity contribution in [2.24, 2.45) is 28.2 Å². The first-order chi connectivity index (χ1) is 11.3. The predicted molar refractivity (Wildman–Crippen MR) is 85.6 cm³/mol. The van der Waals surface area contributed by atoms with Crippen LogP contribution in [0.5, 0.6) is 0 Å². The van der Waals surface area contributed by atoms with Crippen LogP contribution in [0.3, 0.4) is 0 Å². The minimum absolute atomic E-state index is 0.213.